The van der Waals surface area contributed by atoms with Gasteiger partial charge in [0, 0.05) is 28.9 Å². The van der Waals surface area contributed by atoms with Crippen molar-refractivity contribution >= 4 is 47.2 Å². The number of rotatable bonds is 6. The Morgan fingerprint density at radius 1 is 0.909 bits per heavy atom. The molecule has 0 heterocycles. The fraction of sp³-hybridized carbons (Fsp3) is 0.200. The number of nitrogen functional groups attached to an aromatic ring is 1. The lowest BCUT2D eigenvalue weighted by Gasteiger charge is -2.05. The first-order valence-corrected chi connectivity index (χ1v) is 8.96. The summed E-state index contributed by atoms with van der Waals surface area (Å²) in [6.45, 7) is 3.06. The molecule has 0 radical (unpaired) electrons. The summed E-state index contributed by atoms with van der Waals surface area (Å²) in [5, 5.41) is 21.4. The fourth-order valence-corrected chi connectivity index (χ4v) is 2.57. The first kappa shape index (κ1) is 26.4. The molecule has 2 aromatic rings. The maximum absolute atomic E-state index is 11.5. The van der Waals surface area contributed by atoms with Crippen molar-refractivity contribution in [3.63, 3.8) is 0 Å². The zero-order chi connectivity index (χ0) is 25.3. The minimum absolute atomic E-state index is 0.00907. The third-order valence-electron chi connectivity index (χ3n) is 4.16. The van der Waals surface area contributed by atoms with E-state index in [-0.39, 0.29) is 33.9 Å². The van der Waals surface area contributed by atoms with Crippen molar-refractivity contribution in [3.8, 4) is 0 Å². The van der Waals surface area contributed by atoms with Gasteiger partial charge in [0.15, 0.2) is 6.29 Å². The normalized spacial score (nSPS) is 10.1. The number of hydrogen-bond acceptors (Lipinski definition) is 11. The average Bonchev–Trinajstić information content (AvgIpc) is 2.76. The molecule has 0 fully saturated rings. The number of nitro groups is 2. The first-order valence-electron chi connectivity index (χ1n) is 8.96. The van der Waals surface area contributed by atoms with Crippen molar-refractivity contribution in [2.45, 2.75) is 13.8 Å². The fourth-order valence-electron chi connectivity index (χ4n) is 2.57. The van der Waals surface area contributed by atoms with Gasteiger partial charge in [-0.05, 0) is 26.0 Å². The van der Waals surface area contributed by atoms with Crippen LogP contribution < -0.4 is 5.73 Å². The van der Waals surface area contributed by atoms with Crippen LogP contribution in [0.15, 0.2) is 29.3 Å². The number of methoxy groups -OCH3 is 2. The topological polar surface area (TPSA) is 194 Å². The largest absolute Gasteiger partial charge is 0.465 e. The number of aldehydes is 1. The molecule has 13 heteroatoms. The standard InChI is InChI=1S/C11H10N2O5.C9H10N2O4/c1-7-5-9(12-3-4-14)8(11(15)18-2)6-10(7)13(16)17;1-5-3-7(10)6(9(12)15-2)4-8(5)11(13)14/h3-6H,1-2H3;3-4H,10H2,1-2H3. The molecule has 0 aliphatic carbocycles. The second-order valence-electron chi connectivity index (χ2n) is 6.29. The van der Waals surface area contributed by atoms with Gasteiger partial charge >= 0.3 is 11.9 Å². The van der Waals surface area contributed by atoms with Gasteiger partial charge in [-0.15, -0.1) is 0 Å². The Morgan fingerprint density at radius 3 is 1.82 bits per heavy atom. The van der Waals surface area contributed by atoms with Gasteiger partial charge in [0.2, 0.25) is 0 Å². The van der Waals surface area contributed by atoms with Gasteiger partial charge in [0.25, 0.3) is 11.4 Å². The second-order valence-corrected chi connectivity index (χ2v) is 6.29. The quantitative estimate of drug-likeness (QED) is 0.167. The minimum Gasteiger partial charge on any atom is -0.465 e. The monoisotopic (exact) mass is 460 g/mol. The van der Waals surface area contributed by atoms with Crippen LogP contribution in [0.3, 0.4) is 0 Å². The number of nitrogens with zero attached hydrogens (tertiary/aromatic N) is 3. The molecule has 174 valence electrons. The molecule has 0 spiro atoms. The van der Waals surface area contributed by atoms with E-state index in [1.54, 1.807) is 6.92 Å². The molecule has 2 N–H and O–H groups in total. The van der Waals surface area contributed by atoms with E-state index in [4.69, 9.17) is 5.73 Å². The molecule has 0 atom stereocenters. The van der Waals surface area contributed by atoms with Gasteiger partial charge in [-0.25, -0.2) is 9.59 Å². The van der Waals surface area contributed by atoms with Gasteiger partial charge < -0.3 is 15.2 Å². The Hall–Kier alpha value is -4.68. The third kappa shape index (κ3) is 6.65. The van der Waals surface area contributed by atoms with E-state index in [1.165, 1.54) is 26.2 Å². The van der Waals surface area contributed by atoms with E-state index in [2.05, 4.69) is 14.5 Å². The maximum atomic E-state index is 11.5. The Labute approximate surface area is 187 Å². The summed E-state index contributed by atoms with van der Waals surface area (Å²) in [6, 6.07) is 4.93. The average molecular weight is 460 g/mol. The highest BCUT2D eigenvalue weighted by Crippen LogP contribution is 2.29. The lowest BCUT2D eigenvalue weighted by atomic mass is 10.1. The molecule has 0 aromatic heterocycles. The van der Waals surface area contributed by atoms with Gasteiger partial charge in [0.1, 0.15) is 0 Å². The molecule has 0 unspecified atom stereocenters. The predicted octanol–water partition coefficient (Wildman–Crippen LogP) is 2.86. The molecular weight excluding hydrogens is 440 g/mol. The molecule has 13 nitrogen and oxygen atoms in total. The molecule has 0 amide bonds. The molecule has 0 bridgehead atoms. The van der Waals surface area contributed by atoms with Crippen LogP contribution in [0, 0.1) is 34.1 Å². The Balaban J connectivity index is 0.000000335. The van der Waals surface area contributed by atoms with Crippen LogP contribution in [-0.4, -0.2) is 48.5 Å². The summed E-state index contributed by atoms with van der Waals surface area (Å²) >= 11 is 0. The van der Waals surface area contributed by atoms with Crippen LogP contribution in [0.1, 0.15) is 31.8 Å². The Kier molecular flexibility index (Phi) is 9.30. The number of esters is 2. The number of anilines is 1. The van der Waals surface area contributed by atoms with E-state index >= 15 is 0 Å². The van der Waals surface area contributed by atoms with Crippen molar-refractivity contribution in [2.75, 3.05) is 20.0 Å². The maximum Gasteiger partial charge on any atom is 0.340 e. The van der Waals surface area contributed by atoms with Gasteiger partial charge in [-0.3, -0.25) is 30.0 Å². The molecule has 0 saturated carbocycles. The number of carbonyl (C=O) groups is 3. The minimum atomic E-state index is -0.754. The Bertz CT molecular complexity index is 1140. The summed E-state index contributed by atoms with van der Waals surface area (Å²) < 4.78 is 8.96. The highest BCUT2D eigenvalue weighted by molar-refractivity contribution is 6.14. The van der Waals surface area contributed by atoms with Crippen molar-refractivity contribution in [2.24, 2.45) is 4.99 Å². The number of hydrogen-bond donors (Lipinski definition) is 1. The summed E-state index contributed by atoms with van der Waals surface area (Å²) in [7, 11) is 2.34. The highest BCUT2D eigenvalue weighted by atomic mass is 16.6. The molecule has 0 aliphatic heterocycles. The number of benzene rings is 2. The predicted molar refractivity (Wildman–Crippen MR) is 117 cm³/mol. The van der Waals surface area contributed by atoms with Crippen molar-refractivity contribution in [1.29, 1.82) is 0 Å². The number of ether oxygens (including phenoxy) is 2. The molecule has 33 heavy (non-hydrogen) atoms. The molecule has 0 aliphatic rings. The number of nitrogens with two attached hydrogens (primary N) is 1. The number of aryl methyl sites for hydroxylation is 2. The van der Waals surface area contributed by atoms with Crippen LogP contribution in [0.2, 0.25) is 0 Å². The summed E-state index contributed by atoms with van der Waals surface area (Å²) in [5.74, 6) is -1.44. The van der Waals surface area contributed by atoms with Crippen molar-refractivity contribution in [1.82, 2.24) is 0 Å². The van der Waals surface area contributed by atoms with Gasteiger partial charge in [-0.1, -0.05) is 0 Å². The lowest BCUT2D eigenvalue weighted by Crippen LogP contribution is -2.07. The van der Waals surface area contributed by atoms with E-state index in [1.807, 2.05) is 0 Å². The highest BCUT2D eigenvalue weighted by Gasteiger charge is 2.20. The van der Waals surface area contributed by atoms with Crippen LogP contribution >= 0.6 is 0 Å². The van der Waals surface area contributed by atoms with Crippen LogP contribution in [-0.2, 0) is 14.3 Å². The molecular formula is C20H20N4O9. The zero-order valence-electron chi connectivity index (χ0n) is 18.1. The Morgan fingerprint density at radius 2 is 1.36 bits per heavy atom. The van der Waals surface area contributed by atoms with Crippen LogP contribution in [0.5, 0.6) is 0 Å². The third-order valence-corrected chi connectivity index (χ3v) is 4.16. The summed E-state index contributed by atoms with van der Waals surface area (Å²) in [4.78, 5) is 56.8. The zero-order valence-corrected chi connectivity index (χ0v) is 18.1. The summed E-state index contributed by atoms with van der Waals surface area (Å²) in [6.07, 6.45) is 1.39. The van der Waals surface area contributed by atoms with Crippen LogP contribution in [0.25, 0.3) is 0 Å². The lowest BCUT2D eigenvalue weighted by molar-refractivity contribution is -0.385. The van der Waals surface area contributed by atoms with E-state index in [9.17, 15) is 34.6 Å². The van der Waals surface area contributed by atoms with Crippen molar-refractivity contribution in [3.05, 3.63) is 66.7 Å². The van der Waals surface area contributed by atoms with Crippen LogP contribution in [0.4, 0.5) is 22.7 Å². The second kappa shape index (κ2) is 11.6. The SMILES string of the molecule is COC(=O)c1cc([N+](=O)[O-])c(C)cc1N.COC(=O)c1cc([N+](=O)[O-])c(C)cc1N=CC=O. The van der Waals surface area contributed by atoms with E-state index in [0.717, 1.165) is 25.5 Å². The first-order chi connectivity index (χ1) is 15.5. The number of aliphatic imine (C=N–C) groups is 1. The smallest absolute Gasteiger partial charge is 0.340 e. The number of carbonyl (C=O) groups excluding carboxylic acids is 3. The molecule has 0 saturated heterocycles. The molecule has 2 aromatic carbocycles. The number of nitro benzene ring substituents is 2. The molecule has 2 rings (SSSR count). The van der Waals surface area contributed by atoms with Gasteiger partial charge in [0.05, 0.1) is 47.1 Å². The van der Waals surface area contributed by atoms with Gasteiger partial charge in [-0.2, -0.15) is 0 Å². The van der Waals surface area contributed by atoms with Crippen molar-refractivity contribution < 1.29 is 33.7 Å². The van der Waals surface area contributed by atoms with E-state index < -0.39 is 21.8 Å². The summed E-state index contributed by atoms with van der Waals surface area (Å²) in [5.41, 5.74) is 6.20. The van der Waals surface area contributed by atoms with E-state index in [0.29, 0.717) is 17.4 Å².